The smallest absolute Gasteiger partial charge is 0.173 e. The molecular weight excluding hydrogens is 282 g/mol. The summed E-state index contributed by atoms with van der Waals surface area (Å²) < 4.78 is 7.36. The first kappa shape index (κ1) is 14.1. The van der Waals surface area contributed by atoms with Gasteiger partial charge in [0.25, 0.3) is 0 Å². The van der Waals surface area contributed by atoms with E-state index in [2.05, 4.69) is 15.2 Å². The van der Waals surface area contributed by atoms with E-state index in [0.29, 0.717) is 28.7 Å². The number of aryl methyl sites for hydroxylation is 1. The second kappa shape index (κ2) is 6.25. The number of hydrogen-bond acceptors (Lipinski definition) is 5. The number of hydrogen-bond donors (Lipinski definition) is 2. The van der Waals surface area contributed by atoms with Gasteiger partial charge >= 0.3 is 0 Å². The second-order valence-electron chi connectivity index (χ2n) is 3.91. The van der Waals surface area contributed by atoms with Crippen molar-refractivity contribution in [2.75, 3.05) is 0 Å². The molecule has 0 atom stereocenters. The maximum atomic E-state index is 8.76. The van der Waals surface area contributed by atoms with Crippen molar-refractivity contribution in [2.24, 2.45) is 10.9 Å². The van der Waals surface area contributed by atoms with Gasteiger partial charge in [-0.2, -0.15) is 5.10 Å². The lowest BCUT2D eigenvalue weighted by atomic mass is 10.2. The molecule has 1 aromatic carbocycles. The van der Waals surface area contributed by atoms with Gasteiger partial charge in [0, 0.05) is 11.6 Å². The average Bonchev–Trinajstić information content (AvgIpc) is 2.91. The summed E-state index contributed by atoms with van der Waals surface area (Å²) in [7, 11) is 0. The molecule has 3 N–H and O–H groups in total. The standard InChI is InChI=1S/C12H14ClN5O2/c1-2-18-11(15-7-16-18)6-20-10-5-8(13)3-4-9(10)12(14)17-19/h3-5,7,19H,2,6H2,1H3,(H2,14,17). The van der Waals surface area contributed by atoms with E-state index in [9.17, 15) is 0 Å². The summed E-state index contributed by atoms with van der Waals surface area (Å²) in [5.74, 6) is 1.05. The highest BCUT2D eigenvalue weighted by Crippen LogP contribution is 2.24. The molecule has 8 heteroatoms. The molecule has 0 unspecified atom stereocenters. The van der Waals surface area contributed by atoms with Crippen LogP contribution in [0.5, 0.6) is 5.75 Å². The van der Waals surface area contributed by atoms with Crippen molar-refractivity contribution in [1.82, 2.24) is 14.8 Å². The number of benzene rings is 1. The molecule has 1 aromatic heterocycles. The lowest BCUT2D eigenvalue weighted by molar-refractivity contribution is 0.286. The molecule has 1 heterocycles. The molecule has 0 aliphatic heterocycles. The summed E-state index contributed by atoms with van der Waals surface area (Å²) in [6.45, 7) is 2.86. The molecule has 0 amide bonds. The molecule has 7 nitrogen and oxygen atoms in total. The van der Waals surface area contributed by atoms with Crippen LogP contribution in [0.25, 0.3) is 0 Å². The van der Waals surface area contributed by atoms with Crippen molar-refractivity contribution < 1.29 is 9.94 Å². The third-order valence-electron chi connectivity index (χ3n) is 2.68. The summed E-state index contributed by atoms with van der Waals surface area (Å²) in [5, 5.41) is 16.3. The average molecular weight is 296 g/mol. The van der Waals surface area contributed by atoms with Crippen molar-refractivity contribution in [1.29, 1.82) is 0 Å². The van der Waals surface area contributed by atoms with Gasteiger partial charge < -0.3 is 15.7 Å². The van der Waals surface area contributed by atoms with E-state index in [-0.39, 0.29) is 12.4 Å². The Hall–Kier alpha value is -2.28. The molecule has 2 aromatic rings. The molecule has 0 fully saturated rings. The predicted octanol–water partition coefficient (Wildman–Crippen LogP) is 1.62. The summed E-state index contributed by atoms with van der Waals surface area (Å²) in [4.78, 5) is 4.10. The minimum atomic E-state index is -0.0476. The van der Waals surface area contributed by atoms with Crippen LogP contribution in [-0.2, 0) is 13.2 Å². The minimum absolute atomic E-state index is 0.0476. The largest absolute Gasteiger partial charge is 0.485 e. The van der Waals surface area contributed by atoms with Gasteiger partial charge in [-0.3, -0.25) is 0 Å². The van der Waals surface area contributed by atoms with E-state index in [4.69, 9.17) is 27.3 Å². The van der Waals surface area contributed by atoms with Gasteiger partial charge in [0.2, 0.25) is 0 Å². The van der Waals surface area contributed by atoms with Gasteiger partial charge in [-0.05, 0) is 25.1 Å². The molecule has 0 saturated carbocycles. The molecular formula is C12H14ClN5O2. The Labute approximate surface area is 120 Å². The van der Waals surface area contributed by atoms with E-state index < -0.39 is 0 Å². The third-order valence-corrected chi connectivity index (χ3v) is 2.91. The van der Waals surface area contributed by atoms with Crippen LogP contribution in [0.4, 0.5) is 0 Å². The Morgan fingerprint density at radius 1 is 1.55 bits per heavy atom. The highest BCUT2D eigenvalue weighted by atomic mass is 35.5. The number of aromatic nitrogens is 3. The number of halogens is 1. The van der Waals surface area contributed by atoms with Crippen LogP contribution in [0, 0.1) is 0 Å². The highest BCUT2D eigenvalue weighted by molar-refractivity contribution is 6.30. The first-order chi connectivity index (χ1) is 9.65. The van der Waals surface area contributed by atoms with Crippen LogP contribution in [0.15, 0.2) is 29.7 Å². The normalized spacial score (nSPS) is 11.6. The van der Waals surface area contributed by atoms with Gasteiger partial charge in [-0.25, -0.2) is 9.67 Å². The molecule has 20 heavy (non-hydrogen) atoms. The van der Waals surface area contributed by atoms with Crippen LogP contribution < -0.4 is 10.5 Å². The van der Waals surface area contributed by atoms with Crippen LogP contribution in [0.3, 0.4) is 0 Å². The fourth-order valence-electron chi connectivity index (χ4n) is 1.69. The van der Waals surface area contributed by atoms with E-state index in [1.54, 1.807) is 22.9 Å². The molecule has 0 bridgehead atoms. The van der Waals surface area contributed by atoms with Gasteiger partial charge in [-0.15, -0.1) is 0 Å². The van der Waals surface area contributed by atoms with Crippen LogP contribution >= 0.6 is 11.6 Å². The van der Waals surface area contributed by atoms with Gasteiger partial charge in [0.1, 0.15) is 18.7 Å². The molecule has 0 aliphatic rings. The number of ether oxygens (including phenoxy) is 1. The van der Waals surface area contributed by atoms with Crippen LogP contribution in [-0.4, -0.2) is 25.8 Å². The Morgan fingerprint density at radius 2 is 2.35 bits per heavy atom. The van der Waals surface area contributed by atoms with Crippen molar-refractivity contribution in [3.63, 3.8) is 0 Å². The van der Waals surface area contributed by atoms with Crippen LogP contribution in [0.1, 0.15) is 18.3 Å². The topological polar surface area (TPSA) is 98.5 Å². The van der Waals surface area contributed by atoms with Gasteiger partial charge in [0.05, 0.1) is 5.56 Å². The Balaban J connectivity index is 2.22. The lowest BCUT2D eigenvalue weighted by Crippen LogP contribution is -2.15. The fourth-order valence-corrected chi connectivity index (χ4v) is 1.85. The zero-order valence-corrected chi connectivity index (χ0v) is 11.6. The number of amidine groups is 1. The molecule has 0 spiro atoms. The number of nitrogens with two attached hydrogens (primary N) is 1. The highest BCUT2D eigenvalue weighted by Gasteiger charge is 2.11. The molecule has 0 saturated heterocycles. The van der Waals surface area contributed by atoms with E-state index in [1.165, 1.54) is 6.33 Å². The van der Waals surface area contributed by atoms with E-state index in [1.807, 2.05) is 6.92 Å². The summed E-state index contributed by atoms with van der Waals surface area (Å²) in [6.07, 6.45) is 1.46. The zero-order valence-electron chi connectivity index (χ0n) is 10.8. The van der Waals surface area contributed by atoms with Gasteiger partial charge in [0.15, 0.2) is 11.7 Å². The number of nitrogens with zero attached hydrogens (tertiary/aromatic N) is 4. The molecule has 0 radical (unpaired) electrons. The first-order valence-corrected chi connectivity index (χ1v) is 6.30. The Morgan fingerprint density at radius 3 is 3.05 bits per heavy atom. The third kappa shape index (κ3) is 3.00. The molecule has 0 aliphatic carbocycles. The SMILES string of the molecule is CCn1ncnc1COc1cc(Cl)ccc1/C(N)=N/O. The fraction of sp³-hybridized carbons (Fsp3) is 0.250. The molecule has 106 valence electrons. The van der Waals surface area contributed by atoms with Gasteiger partial charge in [-0.1, -0.05) is 16.8 Å². The summed E-state index contributed by atoms with van der Waals surface area (Å²) in [6, 6.07) is 4.86. The van der Waals surface area contributed by atoms with Crippen molar-refractivity contribution in [3.8, 4) is 5.75 Å². The van der Waals surface area contributed by atoms with Crippen LogP contribution in [0.2, 0.25) is 5.02 Å². The van der Waals surface area contributed by atoms with E-state index >= 15 is 0 Å². The first-order valence-electron chi connectivity index (χ1n) is 5.92. The monoisotopic (exact) mass is 295 g/mol. The quantitative estimate of drug-likeness (QED) is 0.378. The van der Waals surface area contributed by atoms with E-state index in [0.717, 1.165) is 0 Å². The lowest BCUT2D eigenvalue weighted by Gasteiger charge is -2.11. The number of rotatable bonds is 5. The van der Waals surface area contributed by atoms with Crippen molar-refractivity contribution >= 4 is 17.4 Å². The van der Waals surface area contributed by atoms with Crippen molar-refractivity contribution in [2.45, 2.75) is 20.1 Å². The summed E-state index contributed by atoms with van der Waals surface area (Å²) in [5.41, 5.74) is 6.05. The minimum Gasteiger partial charge on any atom is -0.485 e. The predicted molar refractivity (Wildman–Crippen MR) is 74.0 cm³/mol. The maximum absolute atomic E-state index is 8.76. The van der Waals surface area contributed by atoms with Crippen molar-refractivity contribution in [3.05, 3.63) is 40.9 Å². The number of oxime groups is 1. The second-order valence-corrected chi connectivity index (χ2v) is 4.34. The summed E-state index contributed by atoms with van der Waals surface area (Å²) >= 11 is 5.93. The zero-order chi connectivity index (χ0) is 14.5. The Kier molecular flexibility index (Phi) is 4.41. The Bertz CT molecular complexity index is 626. The molecule has 2 rings (SSSR count). The maximum Gasteiger partial charge on any atom is 0.173 e.